The predicted octanol–water partition coefficient (Wildman–Crippen LogP) is 5.79. The number of rotatable bonds is 7. The minimum atomic E-state index is -3.93. The fourth-order valence-electron chi connectivity index (χ4n) is 4.32. The van der Waals surface area contributed by atoms with Crippen molar-refractivity contribution in [1.29, 1.82) is 0 Å². The number of carbonyl (C=O) groups excluding carboxylic acids is 1. The number of anilines is 1. The van der Waals surface area contributed by atoms with Crippen molar-refractivity contribution in [3.8, 4) is 10.4 Å². The molecule has 2 heterocycles. The average molecular weight is 546 g/mol. The van der Waals surface area contributed by atoms with Gasteiger partial charge in [0.15, 0.2) is 0 Å². The van der Waals surface area contributed by atoms with Gasteiger partial charge in [0.1, 0.15) is 5.82 Å². The predicted molar refractivity (Wildman–Crippen MR) is 144 cm³/mol. The maximum Gasteiger partial charge on any atom is 0.319 e. The Bertz CT molecular complexity index is 1360. The van der Waals surface area contributed by atoms with Crippen LogP contribution in [0.4, 0.5) is 14.9 Å². The van der Waals surface area contributed by atoms with E-state index in [0.717, 1.165) is 22.7 Å². The van der Waals surface area contributed by atoms with Crippen molar-refractivity contribution < 1.29 is 17.6 Å². The van der Waals surface area contributed by atoms with E-state index in [1.54, 1.807) is 39.1 Å². The zero-order chi connectivity index (χ0) is 26.6. The highest BCUT2D eigenvalue weighted by Gasteiger charge is 2.27. The Labute approximate surface area is 221 Å². The summed E-state index contributed by atoms with van der Waals surface area (Å²) in [7, 11) is -3.93. The van der Waals surface area contributed by atoms with Crippen LogP contribution in [0.5, 0.6) is 0 Å². The van der Waals surface area contributed by atoms with E-state index in [9.17, 15) is 17.6 Å². The van der Waals surface area contributed by atoms with Gasteiger partial charge in [-0.2, -0.15) is 0 Å². The lowest BCUT2D eigenvalue weighted by atomic mass is 9.90. The van der Waals surface area contributed by atoms with Crippen molar-refractivity contribution in [3.63, 3.8) is 0 Å². The molecule has 2 amide bonds. The number of sulfonamides is 1. The summed E-state index contributed by atoms with van der Waals surface area (Å²) in [5, 5.41) is 6.22. The quantitative estimate of drug-likeness (QED) is 0.348. The standard InChI is InChI=1S/C26H32FN5O3S2/c1-26(2,3)32-37(34,35)23-14-18(31-25(33)30-15-21-20(27)10-7-13-28-21)11-12-19(23)22-16-29-24(36-22)17-8-5-4-6-9-17/h7,10-14,16-17,32H,4-6,8-9,15H2,1-3H3,(H2,30,31,33). The van der Waals surface area contributed by atoms with E-state index < -0.39 is 27.4 Å². The van der Waals surface area contributed by atoms with Crippen LogP contribution in [0.1, 0.15) is 69.5 Å². The summed E-state index contributed by atoms with van der Waals surface area (Å²) in [5.74, 6) is -0.111. The molecule has 0 spiro atoms. The molecule has 0 aliphatic heterocycles. The number of pyridine rings is 1. The Morgan fingerprint density at radius 2 is 1.89 bits per heavy atom. The van der Waals surface area contributed by atoms with Gasteiger partial charge >= 0.3 is 6.03 Å². The zero-order valence-electron chi connectivity index (χ0n) is 21.2. The van der Waals surface area contributed by atoms with Crippen LogP contribution < -0.4 is 15.4 Å². The average Bonchev–Trinajstić information content (AvgIpc) is 3.33. The van der Waals surface area contributed by atoms with Crippen LogP contribution in [-0.2, 0) is 16.6 Å². The van der Waals surface area contributed by atoms with Gasteiger partial charge in [-0.25, -0.2) is 27.3 Å². The Morgan fingerprint density at radius 1 is 1.14 bits per heavy atom. The summed E-state index contributed by atoms with van der Waals surface area (Å²) < 4.78 is 43.4. The fourth-order valence-corrected chi connectivity index (χ4v) is 7.18. The van der Waals surface area contributed by atoms with Gasteiger partial charge in [0, 0.05) is 35.1 Å². The van der Waals surface area contributed by atoms with Gasteiger partial charge in [0.25, 0.3) is 0 Å². The van der Waals surface area contributed by atoms with Crippen molar-refractivity contribution in [1.82, 2.24) is 20.0 Å². The monoisotopic (exact) mass is 545 g/mol. The molecular weight excluding hydrogens is 513 g/mol. The van der Waals surface area contributed by atoms with Crippen molar-refractivity contribution in [2.75, 3.05) is 5.32 Å². The van der Waals surface area contributed by atoms with Crippen molar-refractivity contribution in [2.45, 2.75) is 75.8 Å². The first-order valence-electron chi connectivity index (χ1n) is 12.3. The molecule has 0 saturated heterocycles. The number of hydrogen-bond donors (Lipinski definition) is 3. The summed E-state index contributed by atoms with van der Waals surface area (Å²) in [6.45, 7) is 5.19. The Hall–Kier alpha value is -2.89. The molecule has 0 bridgehead atoms. The Balaban J connectivity index is 1.60. The second-order valence-corrected chi connectivity index (χ2v) is 12.9. The second kappa shape index (κ2) is 11.2. The van der Waals surface area contributed by atoms with Crippen LogP contribution in [0.15, 0.2) is 47.6 Å². The van der Waals surface area contributed by atoms with Crippen LogP contribution in [-0.4, -0.2) is 30.0 Å². The highest BCUT2D eigenvalue weighted by molar-refractivity contribution is 7.89. The molecule has 1 aliphatic carbocycles. The maximum absolute atomic E-state index is 13.8. The topological polar surface area (TPSA) is 113 Å². The first kappa shape index (κ1) is 27.2. The molecule has 1 aliphatic rings. The number of nitrogens with zero attached hydrogens (tertiary/aromatic N) is 2. The summed E-state index contributed by atoms with van der Waals surface area (Å²) in [6, 6.07) is 6.89. The molecule has 1 fully saturated rings. The largest absolute Gasteiger partial charge is 0.332 e. The summed E-state index contributed by atoms with van der Waals surface area (Å²) in [4.78, 5) is 21.8. The number of amides is 2. The van der Waals surface area contributed by atoms with Gasteiger partial charge < -0.3 is 10.6 Å². The second-order valence-electron chi connectivity index (χ2n) is 10.2. The highest BCUT2D eigenvalue weighted by Crippen LogP contribution is 2.39. The lowest BCUT2D eigenvalue weighted by molar-refractivity contribution is 0.251. The van der Waals surface area contributed by atoms with Gasteiger partial charge in [-0.15, -0.1) is 11.3 Å². The van der Waals surface area contributed by atoms with E-state index in [1.165, 1.54) is 55.0 Å². The molecule has 2 aromatic heterocycles. The molecule has 11 heteroatoms. The van der Waals surface area contributed by atoms with Gasteiger partial charge in [-0.05, 0) is 57.9 Å². The summed E-state index contributed by atoms with van der Waals surface area (Å²) >= 11 is 1.52. The normalized spacial score (nSPS) is 14.9. The lowest BCUT2D eigenvalue weighted by Gasteiger charge is -2.22. The number of aromatic nitrogens is 2. The first-order chi connectivity index (χ1) is 17.5. The lowest BCUT2D eigenvalue weighted by Crippen LogP contribution is -2.40. The third-order valence-corrected chi connectivity index (χ3v) is 8.96. The van der Waals surface area contributed by atoms with Crippen molar-refractivity contribution >= 4 is 33.1 Å². The molecule has 3 N–H and O–H groups in total. The van der Waals surface area contributed by atoms with Gasteiger partial charge in [0.2, 0.25) is 10.0 Å². The molecule has 4 rings (SSSR count). The number of halogens is 1. The SMILES string of the molecule is CC(C)(C)NS(=O)(=O)c1cc(NC(=O)NCc2ncccc2F)ccc1-c1cnc(C2CCCCC2)s1. The molecule has 0 atom stereocenters. The van der Waals surface area contributed by atoms with Crippen molar-refractivity contribution in [3.05, 3.63) is 59.2 Å². The zero-order valence-corrected chi connectivity index (χ0v) is 22.8. The van der Waals surface area contributed by atoms with E-state index in [1.807, 2.05) is 0 Å². The smallest absolute Gasteiger partial charge is 0.319 e. The van der Waals surface area contributed by atoms with E-state index in [4.69, 9.17) is 0 Å². The van der Waals surface area contributed by atoms with Crippen LogP contribution in [0.2, 0.25) is 0 Å². The molecule has 198 valence electrons. The third kappa shape index (κ3) is 7.12. The van der Waals surface area contributed by atoms with Gasteiger partial charge in [-0.1, -0.05) is 25.3 Å². The fraction of sp³-hybridized carbons (Fsp3) is 0.423. The van der Waals surface area contributed by atoms with Crippen LogP contribution in [0.25, 0.3) is 10.4 Å². The molecule has 0 unspecified atom stereocenters. The molecule has 37 heavy (non-hydrogen) atoms. The summed E-state index contributed by atoms with van der Waals surface area (Å²) in [5.41, 5.74) is 0.210. The van der Waals surface area contributed by atoms with E-state index in [-0.39, 0.29) is 22.8 Å². The Kier molecular flexibility index (Phi) is 8.25. The molecule has 1 aromatic carbocycles. The molecule has 1 saturated carbocycles. The minimum absolute atomic E-state index is 0.0508. The number of benzene rings is 1. The number of nitrogens with one attached hydrogen (secondary N) is 3. The first-order valence-corrected chi connectivity index (χ1v) is 14.6. The molecule has 8 nitrogen and oxygen atoms in total. The number of carbonyl (C=O) groups is 1. The number of thiazole rings is 1. The van der Waals surface area contributed by atoms with E-state index in [2.05, 4.69) is 25.3 Å². The van der Waals surface area contributed by atoms with Gasteiger partial charge in [0.05, 0.1) is 27.0 Å². The maximum atomic E-state index is 13.8. The number of hydrogen-bond acceptors (Lipinski definition) is 6. The molecule has 3 aromatic rings. The van der Waals surface area contributed by atoms with Crippen molar-refractivity contribution in [2.24, 2.45) is 0 Å². The van der Waals surface area contributed by atoms with E-state index >= 15 is 0 Å². The van der Waals surface area contributed by atoms with Crippen LogP contribution in [0, 0.1) is 5.82 Å². The van der Waals surface area contributed by atoms with Crippen LogP contribution >= 0.6 is 11.3 Å². The van der Waals surface area contributed by atoms with E-state index in [0.29, 0.717) is 11.5 Å². The summed E-state index contributed by atoms with van der Waals surface area (Å²) in [6.07, 6.45) is 8.99. The van der Waals surface area contributed by atoms with Crippen LogP contribution in [0.3, 0.4) is 0 Å². The number of urea groups is 1. The molecule has 0 radical (unpaired) electrons. The highest BCUT2D eigenvalue weighted by atomic mass is 32.2. The minimum Gasteiger partial charge on any atom is -0.332 e. The molecular formula is C26H32FN5O3S2. The van der Waals surface area contributed by atoms with Gasteiger partial charge in [-0.3, -0.25) is 4.98 Å². The third-order valence-electron chi connectivity index (χ3n) is 5.96. The Morgan fingerprint density at radius 3 is 2.59 bits per heavy atom.